The number of benzene rings is 2. The molecule has 0 spiro atoms. The van der Waals surface area contributed by atoms with Crippen LogP contribution in [0, 0.1) is 5.82 Å². The standard InChI is InChI=1S/C26H20Cl2F2N6O2/c27-17-10-18(28)16(9-15(17)24-19(29)7-4-8-32-24)25(37)33-23-11-22(26(38)35-12-20(30)21(31)13-35)34-36(23)14-5-2-1-3-6-14/h1-11,20-21H,12-13,31H2,(H,33,37)/t20-,21-/m0/s1. The summed E-state index contributed by atoms with van der Waals surface area (Å²) in [6.07, 6.45) is 0.0674. The van der Waals surface area contributed by atoms with Gasteiger partial charge in [0.1, 0.15) is 23.5 Å². The molecule has 1 aliphatic rings. The molecule has 2 amide bonds. The lowest BCUT2D eigenvalue weighted by molar-refractivity contribution is 0.0775. The number of likely N-dealkylation sites (tertiary alicyclic amines) is 1. The fraction of sp³-hybridized carbons (Fsp3) is 0.154. The Morgan fingerprint density at radius 2 is 1.79 bits per heavy atom. The van der Waals surface area contributed by atoms with E-state index < -0.39 is 29.8 Å². The van der Waals surface area contributed by atoms with Crippen molar-refractivity contribution < 1.29 is 18.4 Å². The zero-order valence-electron chi connectivity index (χ0n) is 19.6. The van der Waals surface area contributed by atoms with E-state index in [9.17, 15) is 18.4 Å². The highest BCUT2D eigenvalue weighted by molar-refractivity contribution is 6.38. The highest BCUT2D eigenvalue weighted by Crippen LogP contribution is 2.34. The van der Waals surface area contributed by atoms with Gasteiger partial charge in [-0.3, -0.25) is 14.6 Å². The monoisotopic (exact) mass is 556 g/mol. The van der Waals surface area contributed by atoms with E-state index >= 15 is 0 Å². The first-order chi connectivity index (χ1) is 18.2. The van der Waals surface area contributed by atoms with Gasteiger partial charge in [0.2, 0.25) is 0 Å². The number of nitrogens with one attached hydrogen (secondary N) is 1. The van der Waals surface area contributed by atoms with Crippen LogP contribution >= 0.6 is 23.2 Å². The normalized spacial score (nSPS) is 17.0. The molecule has 1 fully saturated rings. The van der Waals surface area contributed by atoms with E-state index in [4.69, 9.17) is 28.9 Å². The fourth-order valence-corrected chi connectivity index (χ4v) is 4.69. The van der Waals surface area contributed by atoms with Gasteiger partial charge in [-0.05, 0) is 36.4 Å². The Kier molecular flexibility index (Phi) is 7.11. The van der Waals surface area contributed by atoms with Gasteiger partial charge in [-0.1, -0.05) is 41.4 Å². The molecule has 2 aromatic heterocycles. The van der Waals surface area contributed by atoms with Crippen molar-refractivity contribution in [3.8, 4) is 16.9 Å². The summed E-state index contributed by atoms with van der Waals surface area (Å²) >= 11 is 12.6. The van der Waals surface area contributed by atoms with Gasteiger partial charge in [-0.25, -0.2) is 13.5 Å². The van der Waals surface area contributed by atoms with Crippen LogP contribution in [0.15, 0.2) is 66.9 Å². The Bertz CT molecular complexity index is 1520. The van der Waals surface area contributed by atoms with Gasteiger partial charge >= 0.3 is 0 Å². The number of amides is 2. The van der Waals surface area contributed by atoms with E-state index in [1.165, 1.54) is 46.1 Å². The quantitative estimate of drug-likeness (QED) is 0.369. The van der Waals surface area contributed by atoms with Crippen LogP contribution in [0.25, 0.3) is 16.9 Å². The number of aromatic nitrogens is 3. The molecule has 8 nitrogen and oxygen atoms in total. The van der Waals surface area contributed by atoms with E-state index in [0.29, 0.717) is 5.69 Å². The van der Waals surface area contributed by atoms with Crippen LogP contribution in [0.1, 0.15) is 20.8 Å². The molecule has 4 aromatic rings. The maximum atomic E-state index is 14.4. The summed E-state index contributed by atoms with van der Waals surface area (Å²) in [6.45, 7) is -0.0970. The van der Waals surface area contributed by atoms with Gasteiger partial charge in [0.05, 0.1) is 33.9 Å². The fourth-order valence-electron chi connectivity index (χ4n) is 4.13. The van der Waals surface area contributed by atoms with Gasteiger partial charge in [-0.15, -0.1) is 0 Å². The lowest BCUT2D eigenvalue weighted by atomic mass is 10.1. The van der Waals surface area contributed by atoms with E-state index in [-0.39, 0.29) is 51.5 Å². The Morgan fingerprint density at radius 1 is 1.03 bits per heavy atom. The summed E-state index contributed by atoms with van der Waals surface area (Å²) in [5, 5.41) is 7.22. The average Bonchev–Trinajstić information content (AvgIpc) is 3.47. The van der Waals surface area contributed by atoms with Crippen molar-refractivity contribution in [2.75, 3.05) is 18.4 Å². The van der Waals surface area contributed by atoms with Crippen LogP contribution in [-0.2, 0) is 0 Å². The third-order valence-corrected chi connectivity index (χ3v) is 6.69. The molecule has 3 heterocycles. The molecule has 2 aromatic carbocycles. The van der Waals surface area contributed by atoms with Gasteiger partial charge in [0, 0.05) is 24.4 Å². The molecule has 1 saturated heterocycles. The lowest BCUT2D eigenvalue weighted by Gasteiger charge is -2.13. The minimum atomic E-state index is -1.33. The van der Waals surface area contributed by atoms with Crippen LogP contribution in [0.3, 0.4) is 0 Å². The number of alkyl halides is 1. The summed E-state index contributed by atoms with van der Waals surface area (Å²) in [7, 11) is 0. The van der Waals surface area contributed by atoms with Crippen molar-refractivity contribution >= 4 is 40.8 Å². The molecule has 0 saturated carbocycles. The van der Waals surface area contributed by atoms with E-state index in [2.05, 4.69) is 15.4 Å². The number of hydrogen-bond acceptors (Lipinski definition) is 5. The van der Waals surface area contributed by atoms with Gasteiger partial charge < -0.3 is 16.0 Å². The molecular formula is C26H20Cl2F2N6O2. The number of anilines is 1. The third kappa shape index (κ3) is 4.98. The lowest BCUT2D eigenvalue weighted by Crippen LogP contribution is -2.32. The molecule has 0 aliphatic carbocycles. The van der Waals surface area contributed by atoms with Crippen molar-refractivity contribution in [1.82, 2.24) is 19.7 Å². The number of hydrogen-bond donors (Lipinski definition) is 2. The van der Waals surface area contributed by atoms with Crippen molar-refractivity contribution in [3.05, 3.63) is 94.0 Å². The second-order valence-corrected chi connectivity index (χ2v) is 9.47. The van der Waals surface area contributed by atoms with Crippen LogP contribution < -0.4 is 11.1 Å². The molecule has 2 atom stereocenters. The van der Waals surface area contributed by atoms with Crippen molar-refractivity contribution in [2.45, 2.75) is 12.2 Å². The molecule has 3 N–H and O–H groups in total. The van der Waals surface area contributed by atoms with Crippen molar-refractivity contribution in [1.29, 1.82) is 0 Å². The topological polar surface area (TPSA) is 106 Å². The molecule has 194 valence electrons. The van der Waals surface area contributed by atoms with Crippen molar-refractivity contribution in [2.24, 2.45) is 5.73 Å². The first-order valence-corrected chi connectivity index (χ1v) is 12.2. The Morgan fingerprint density at radius 3 is 2.47 bits per heavy atom. The molecule has 5 rings (SSSR count). The molecule has 12 heteroatoms. The predicted octanol–water partition coefficient (Wildman–Crippen LogP) is 4.75. The van der Waals surface area contributed by atoms with Gasteiger partial charge in [-0.2, -0.15) is 5.10 Å². The minimum Gasteiger partial charge on any atom is -0.333 e. The molecule has 1 aliphatic heterocycles. The minimum absolute atomic E-state index is 0.00408. The average molecular weight is 557 g/mol. The van der Waals surface area contributed by atoms with Crippen LogP contribution in [0.5, 0.6) is 0 Å². The van der Waals surface area contributed by atoms with Gasteiger partial charge in [0.15, 0.2) is 5.69 Å². The number of pyridine rings is 1. The molecule has 38 heavy (non-hydrogen) atoms. The highest BCUT2D eigenvalue weighted by atomic mass is 35.5. The van der Waals surface area contributed by atoms with E-state index in [1.54, 1.807) is 30.3 Å². The van der Waals surface area contributed by atoms with E-state index in [1.807, 2.05) is 0 Å². The number of halogens is 4. The SMILES string of the molecule is N[C@H]1CN(C(=O)c2cc(NC(=O)c3cc(-c4ncccc4F)c(Cl)cc3Cl)n(-c3ccccc3)n2)C[C@@H]1F. The number of rotatable bonds is 5. The smallest absolute Gasteiger partial charge is 0.274 e. The maximum absolute atomic E-state index is 14.4. The molecule has 0 unspecified atom stereocenters. The second kappa shape index (κ2) is 10.5. The number of carbonyl (C=O) groups excluding carboxylic acids is 2. The van der Waals surface area contributed by atoms with Crippen LogP contribution in [-0.4, -0.2) is 56.8 Å². The number of nitrogens with zero attached hydrogens (tertiary/aromatic N) is 4. The largest absolute Gasteiger partial charge is 0.333 e. The second-order valence-electron chi connectivity index (χ2n) is 8.65. The summed E-state index contributed by atoms with van der Waals surface area (Å²) in [5.74, 6) is -1.65. The van der Waals surface area contributed by atoms with Crippen LogP contribution in [0.2, 0.25) is 10.0 Å². The first-order valence-electron chi connectivity index (χ1n) is 11.5. The highest BCUT2D eigenvalue weighted by Gasteiger charge is 2.34. The van der Waals surface area contributed by atoms with E-state index in [0.717, 1.165) is 0 Å². The van der Waals surface area contributed by atoms with Gasteiger partial charge in [0.25, 0.3) is 11.8 Å². The molecular weight excluding hydrogens is 537 g/mol. The number of para-hydroxylation sites is 1. The third-order valence-electron chi connectivity index (χ3n) is 6.06. The number of nitrogens with two attached hydrogens (primary N) is 1. The summed E-state index contributed by atoms with van der Waals surface area (Å²) in [6, 6.07) is 14.7. The zero-order chi connectivity index (χ0) is 27.0. The summed E-state index contributed by atoms with van der Waals surface area (Å²) in [4.78, 5) is 31.7. The predicted molar refractivity (Wildman–Crippen MR) is 140 cm³/mol. The first kappa shape index (κ1) is 25.8. The molecule has 0 radical (unpaired) electrons. The summed E-state index contributed by atoms with van der Waals surface area (Å²) < 4.78 is 29.7. The Hall–Kier alpha value is -3.86. The zero-order valence-corrected chi connectivity index (χ0v) is 21.1. The Balaban J connectivity index is 1.51. The number of carbonyl (C=O) groups is 2. The molecule has 0 bridgehead atoms. The Labute approximate surface area is 226 Å². The summed E-state index contributed by atoms with van der Waals surface area (Å²) in [5.41, 5.74) is 6.41. The maximum Gasteiger partial charge on any atom is 0.274 e. The van der Waals surface area contributed by atoms with Crippen LogP contribution in [0.4, 0.5) is 14.6 Å². The van der Waals surface area contributed by atoms with Crippen molar-refractivity contribution in [3.63, 3.8) is 0 Å².